The van der Waals surface area contributed by atoms with Gasteiger partial charge >= 0.3 is 0 Å². The summed E-state index contributed by atoms with van der Waals surface area (Å²) >= 11 is 0. The third kappa shape index (κ3) is 2.99. The van der Waals surface area contributed by atoms with Crippen molar-refractivity contribution in [1.29, 1.82) is 0 Å². The molecular formula is C17H19N3O. The number of guanidine groups is 1. The van der Waals surface area contributed by atoms with Crippen LogP contribution in [0.25, 0.3) is 0 Å². The van der Waals surface area contributed by atoms with Gasteiger partial charge in [-0.1, -0.05) is 42.5 Å². The molecule has 1 heterocycles. The van der Waals surface area contributed by atoms with Crippen molar-refractivity contribution in [2.45, 2.75) is 18.5 Å². The molecule has 108 valence electrons. The summed E-state index contributed by atoms with van der Waals surface area (Å²) in [6.45, 7) is 0. The zero-order valence-electron chi connectivity index (χ0n) is 12.0. The van der Waals surface area contributed by atoms with E-state index >= 15 is 0 Å². The number of ether oxygens (including phenoxy) is 1. The first kappa shape index (κ1) is 13.5. The van der Waals surface area contributed by atoms with E-state index in [1.54, 1.807) is 7.11 Å². The van der Waals surface area contributed by atoms with Crippen LogP contribution in [0.3, 0.4) is 0 Å². The SMILES string of the molecule is COc1cccc(C2CC(c3ccccc3)NC(N)=N2)c1. The highest BCUT2D eigenvalue weighted by Crippen LogP contribution is 2.33. The van der Waals surface area contributed by atoms with Gasteiger partial charge in [-0.3, -0.25) is 0 Å². The molecule has 1 aliphatic rings. The Morgan fingerprint density at radius 3 is 2.62 bits per heavy atom. The molecule has 0 fully saturated rings. The molecule has 2 aromatic rings. The van der Waals surface area contributed by atoms with Crippen LogP contribution in [-0.4, -0.2) is 13.1 Å². The van der Waals surface area contributed by atoms with Crippen LogP contribution in [0.5, 0.6) is 5.75 Å². The lowest BCUT2D eigenvalue weighted by atomic mass is 9.94. The summed E-state index contributed by atoms with van der Waals surface area (Å²) < 4.78 is 5.29. The van der Waals surface area contributed by atoms with Crippen molar-refractivity contribution in [3.63, 3.8) is 0 Å². The molecule has 0 saturated carbocycles. The Balaban J connectivity index is 1.87. The number of nitrogens with one attached hydrogen (secondary N) is 1. The van der Waals surface area contributed by atoms with Gasteiger partial charge in [0, 0.05) is 0 Å². The van der Waals surface area contributed by atoms with Gasteiger partial charge in [-0.25, -0.2) is 4.99 Å². The molecule has 4 heteroatoms. The smallest absolute Gasteiger partial charge is 0.189 e. The predicted molar refractivity (Wildman–Crippen MR) is 84.3 cm³/mol. The molecule has 3 rings (SSSR count). The van der Waals surface area contributed by atoms with Gasteiger partial charge in [0.2, 0.25) is 0 Å². The quantitative estimate of drug-likeness (QED) is 0.909. The molecule has 21 heavy (non-hydrogen) atoms. The average molecular weight is 281 g/mol. The van der Waals surface area contributed by atoms with Crippen molar-refractivity contribution in [3.05, 3.63) is 65.7 Å². The number of rotatable bonds is 3. The Labute approximate surface area is 124 Å². The minimum Gasteiger partial charge on any atom is -0.497 e. The lowest BCUT2D eigenvalue weighted by Crippen LogP contribution is -2.39. The molecule has 0 saturated heterocycles. The van der Waals surface area contributed by atoms with Gasteiger partial charge in [0.05, 0.1) is 19.2 Å². The van der Waals surface area contributed by atoms with E-state index in [4.69, 9.17) is 10.5 Å². The number of hydrogen-bond acceptors (Lipinski definition) is 4. The fourth-order valence-electron chi connectivity index (χ4n) is 2.68. The van der Waals surface area contributed by atoms with Crippen LogP contribution in [0.15, 0.2) is 59.6 Å². The van der Waals surface area contributed by atoms with Crippen LogP contribution >= 0.6 is 0 Å². The largest absolute Gasteiger partial charge is 0.497 e. The van der Waals surface area contributed by atoms with Gasteiger partial charge in [-0.15, -0.1) is 0 Å². The molecule has 1 aliphatic heterocycles. The van der Waals surface area contributed by atoms with Crippen LogP contribution in [0.4, 0.5) is 0 Å². The van der Waals surface area contributed by atoms with E-state index in [-0.39, 0.29) is 12.1 Å². The van der Waals surface area contributed by atoms with Crippen LogP contribution in [-0.2, 0) is 0 Å². The molecule has 2 atom stereocenters. The van der Waals surface area contributed by atoms with Crippen molar-refractivity contribution in [2.24, 2.45) is 10.7 Å². The summed E-state index contributed by atoms with van der Waals surface area (Å²) in [7, 11) is 1.67. The zero-order chi connectivity index (χ0) is 14.7. The highest BCUT2D eigenvalue weighted by molar-refractivity contribution is 5.79. The summed E-state index contributed by atoms with van der Waals surface area (Å²) in [6, 6.07) is 18.6. The second kappa shape index (κ2) is 5.87. The molecule has 0 aromatic heterocycles. The second-order valence-corrected chi connectivity index (χ2v) is 5.15. The summed E-state index contributed by atoms with van der Waals surface area (Å²) in [5.41, 5.74) is 8.32. The standard InChI is InChI=1S/C17H19N3O/c1-21-14-9-5-8-13(10-14)16-11-15(19-17(18)20-16)12-6-3-2-4-7-12/h2-10,15-16H,11H2,1H3,(H3,18,19,20). The molecule has 2 unspecified atom stereocenters. The first-order chi connectivity index (χ1) is 10.3. The van der Waals surface area contributed by atoms with E-state index in [1.165, 1.54) is 5.56 Å². The molecule has 0 spiro atoms. The van der Waals surface area contributed by atoms with Gasteiger partial charge in [-0.05, 0) is 29.7 Å². The molecule has 0 aliphatic carbocycles. The Hall–Kier alpha value is -2.49. The van der Waals surface area contributed by atoms with Crippen molar-refractivity contribution >= 4 is 5.96 Å². The Kier molecular flexibility index (Phi) is 3.77. The fourth-order valence-corrected chi connectivity index (χ4v) is 2.68. The second-order valence-electron chi connectivity index (χ2n) is 5.15. The summed E-state index contributed by atoms with van der Waals surface area (Å²) in [5.74, 6) is 1.33. The van der Waals surface area contributed by atoms with E-state index in [2.05, 4.69) is 28.5 Å². The van der Waals surface area contributed by atoms with E-state index in [1.807, 2.05) is 36.4 Å². The maximum absolute atomic E-state index is 5.97. The molecule has 4 nitrogen and oxygen atoms in total. The first-order valence-electron chi connectivity index (χ1n) is 7.05. The maximum Gasteiger partial charge on any atom is 0.189 e. The Bertz CT molecular complexity index is 639. The van der Waals surface area contributed by atoms with Crippen molar-refractivity contribution < 1.29 is 4.74 Å². The van der Waals surface area contributed by atoms with Crippen LogP contribution in [0, 0.1) is 0 Å². The van der Waals surface area contributed by atoms with E-state index in [0.29, 0.717) is 5.96 Å². The minimum atomic E-state index is 0.0477. The van der Waals surface area contributed by atoms with E-state index in [0.717, 1.165) is 17.7 Å². The topological polar surface area (TPSA) is 59.6 Å². The van der Waals surface area contributed by atoms with E-state index < -0.39 is 0 Å². The number of aliphatic imine (C=N–C) groups is 1. The van der Waals surface area contributed by atoms with Crippen molar-refractivity contribution in [3.8, 4) is 5.75 Å². The highest BCUT2D eigenvalue weighted by atomic mass is 16.5. The number of methoxy groups -OCH3 is 1. The van der Waals surface area contributed by atoms with Crippen LogP contribution in [0.1, 0.15) is 29.6 Å². The monoisotopic (exact) mass is 281 g/mol. The van der Waals surface area contributed by atoms with Crippen LogP contribution in [0.2, 0.25) is 0 Å². The summed E-state index contributed by atoms with van der Waals surface area (Å²) in [6.07, 6.45) is 0.873. The molecule has 0 bridgehead atoms. The first-order valence-corrected chi connectivity index (χ1v) is 7.05. The summed E-state index contributed by atoms with van der Waals surface area (Å²) in [4.78, 5) is 4.53. The van der Waals surface area contributed by atoms with Gasteiger partial charge in [0.15, 0.2) is 5.96 Å². The van der Waals surface area contributed by atoms with Gasteiger partial charge in [0.1, 0.15) is 5.75 Å². The van der Waals surface area contributed by atoms with Crippen molar-refractivity contribution in [1.82, 2.24) is 5.32 Å². The number of nitrogens with two attached hydrogens (primary N) is 1. The van der Waals surface area contributed by atoms with Crippen molar-refractivity contribution in [2.75, 3.05) is 7.11 Å². The van der Waals surface area contributed by atoms with Gasteiger partial charge in [-0.2, -0.15) is 0 Å². The predicted octanol–water partition coefficient (Wildman–Crippen LogP) is 2.79. The van der Waals surface area contributed by atoms with Gasteiger partial charge in [0.25, 0.3) is 0 Å². The van der Waals surface area contributed by atoms with E-state index in [9.17, 15) is 0 Å². The third-order valence-electron chi connectivity index (χ3n) is 3.76. The number of hydrogen-bond donors (Lipinski definition) is 2. The highest BCUT2D eigenvalue weighted by Gasteiger charge is 2.24. The van der Waals surface area contributed by atoms with Crippen LogP contribution < -0.4 is 15.8 Å². The third-order valence-corrected chi connectivity index (χ3v) is 3.76. The molecule has 3 N–H and O–H groups in total. The zero-order valence-corrected chi connectivity index (χ0v) is 12.0. The molecule has 0 radical (unpaired) electrons. The molecule has 2 aromatic carbocycles. The lowest BCUT2D eigenvalue weighted by molar-refractivity contribution is 0.412. The normalized spacial score (nSPS) is 21.3. The number of benzene rings is 2. The maximum atomic E-state index is 5.97. The Morgan fingerprint density at radius 2 is 1.86 bits per heavy atom. The number of nitrogens with zero attached hydrogens (tertiary/aromatic N) is 1. The lowest BCUT2D eigenvalue weighted by Gasteiger charge is -2.29. The molecular weight excluding hydrogens is 262 g/mol. The minimum absolute atomic E-state index is 0.0477. The van der Waals surface area contributed by atoms with Gasteiger partial charge < -0.3 is 15.8 Å². The fraction of sp³-hybridized carbons (Fsp3) is 0.235. The molecule has 0 amide bonds. The Morgan fingerprint density at radius 1 is 1.10 bits per heavy atom. The summed E-state index contributed by atoms with van der Waals surface area (Å²) in [5, 5.41) is 3.26. The average Bonchev–Trinajstić information content (AvgIpc) is 2.55.